The zero-order valence-corrected chi connectivity index (χ0v) is 14.1. The van der Waals surface area contributed by atoms with Gasteiger partial charge in [-0.25, -0.2) is 4.68 Å². The average molecular weight is 341 g/mol. The van der Waals surface area contributed by atoms with Crippen molar-refractivity contribution in [3.8, 4) is 5.75 Å². The number of carbonyl (C=O) groups is 1. The first-order valence-corrected chi connectivity index (χ1v) is 8.77. The second kappa shape index (κ2) is 6.76. The van der Waals surface area contributed by atoms with Crippen LogP contribution in [-0.4, -0.2) is 35.4 Å². The summed E-state index contributed by atoms with van der Waals surface area (Å²) < 4.78 is 7.67. The summed E-state index contributed by atoms with van der Waals surface area (Å²) in [6.45, 7) is 3.21. The zero-order chi connectivity index (χ0) is 17.2. The zero-order valence-electron chi connectivity index (χ0n) is 14.1. The van der Waals surface area contributed by atoms with E-state index in [1.807, 2.05) is 16.8 Å². The molecule has 7 nitrogen and oxygen atoms in total. The van der Waals surface area contributed by atoms with E-state index in [0.29, 0.717) is 17.5 Å². The molecule has 0 saturated heterocycles. The van der Waals surface area contributed by atoms with E-state index in [1.54, 1.807) is 6.20 Å². The molecule has 7 heteroatoms. The van der Waals surface area contributed by atoms with Gasteiger partial charge in [0.15, 0.2) is 0 Å². The summed E-state index contributed by atoms with van der Waals surface area (Å²) in [5, 5.41) is 11.3. The predicted molar refractivity (Wildman–Crippen MR) is 94.6 cm³/mol. The van der Waals surface area contributed by atoms with Gasteiger partial charge in [0.05, 0.1) is 12.8 Å². The number of anilines is 1. The van der Waals surface area contributed by atoms with E-state index in [9.17, 15) is 4.79 Å². The topological polar surface area (TPSA) is 94.2 Å². The van der Waals surface area contributed by atoms with Crippen LogP contribution in [0.4, 0.5) is 5.82 Å². The smallest absolute Gasteiger partial charge is 0.254 e. The number of hydrogen-bond donors (Lipinski definition) is 3. The van der Waals surface area contributed by atoms with Crippen molar-refractivity contribution in [3.63, 3.8) is 0 Å². The van der Waals surface area contributed by atoms with E-state index < -0.39 is 5.91 Å². The van der Waals surface area contributed by atoms with E-state index in [2.05, 4.69) is 27.9 Å². The highest BCUT2D eigenvalue weighted by molar-refractivity contribution is 5.97. The number of nitrogens with zero attached hydrogens (tertiary/aromatic N) is 2. The first-order chi connectivity index (χ1) is 12.2. The number of para-hydroxylation sites is 1. The van der Waals surface area contributed by atoms with Gasteiger partial charge in [0.25, 0.3) is 5.91 Å². The van der Waals surface area contributed by atoms with Crippen molar-refractivity contribution in [2.75, 3.05) is 25.0 Å². The monoisotopic (exact) mass is 341 g/mol. The van der Waals surface area contributed by atoms with Gasteiger partial charge in [-0.1, -0.05) is 18.2 Å². The fourth-order valence-electron chi connectivity index (χ4n) is 3.62. The van der Waals surface area contributed by atoms with Crippen LogP contribution < -0.4 is 21.1 Å². The second-order valence-electron chi connectivity index (χ2n) is 6.69. The number of carbonyl (C=O) groups excluding carboxylic acids is 1. The van der Waals surface area contributed by atoms with E-state index in [4.69, 9.17) is 10.5 Å². The molecule has 4 N–H and O–H groups in total. The molecule has 3 heterocycles. The first kappa shape index (κ1) is 16.0. The summed E-state index contributed by atoms with van der Waals surface area (Å²) in [5.41, 5.74) is 7.07. The number of fused-ring (bicyclic) bond motifs is 2. The Morgan fingerprint density at radius 3 is 3.20 bits per heavy atom. The predicted octanol–water partition coefficient (Wildman–Crippen LogP) is 1.53. The van der Waals surface area contributed by atoms with Gasteiger partial charge in [-0.15, -0.1) is 0 Å². The van der Waals surface area contributed by atoms with Gasteiger partial charge in [0, 0.05) is 37.2 Å². The third-order valence-electron chi connectivity index (χ3n) is 4.94. The van der Waals surface area contributed by atoms with E-state index in [0.717, 1.165) is 50.7 Å². The van der Waals surface area contributed by atoms with Crippen LogP contribution >= 0.6 is 0 Å². The normalized spacial score (nSPS) is 22.1. The van der Waals surface area contributed by atoms with Crippen molar-refractivity contribution in [3.05, 3.63) is 41.6 Å². The number of amides is 1. The molecule has 0 fully saturated rings. The summed E-state index contributed by atoms with van der Waals surface area (Å²) in [5.74, 6) is 1.67. The van der Waals surface area contributed by atoms with Crippen LogP contribution in [0, 0.1) is 5.92 Å². The Kier molecular flexibility index (Phi) is 4.31. The number of ether oxygens (including phenoxy) is 1. The summed E-state index contributed by atoms with van der Waals surface area (Å²) >= 11 is 0. The van der Waals surface area contributed by atoms with E-state index >= 15 is 0 Å². The summed E-state index contributed by atoms with van der Waals surface area (Å²) in [4.78, 5) is 11.4. The number of nitrogens with one attached hydrogen (secondary N) is 2. The lowest BCUT2D eigenvalue weighted by atomic mass is 10.0. The van der Waals surface area contributed by atoms with Gasteiger partial charge in [-0.05, 0) is 18.9 Å². The molecule has 2 atom stereocenters. The van der Waals surface area contributed by atoms with Gasteiger partial charge in [-0.3, -0.25) is 4.79 Å². The summed E-state index contributed by atoms with van der Waals surface area (Å²) in [7, 11) is 0. The molecule has 2 aliphatic rings. The molecule has 1 amide bonds. The molecule has 0 radical (unpaired) electrons. The minimum atomic E-state index is -0.444. The molecule has 0 aliphatic carbocycles. The fourth-order valence-corrected chi connectivity index (χ4v) is 3.62. The van der Waals surface area contributed by atoms with Crippen LogP contribution in [0.15, 0.2) is 30.5 Å². The lowest BCUT2D eigenvalue weighted by Gasteiger charge is -2.28. The Morgan fingerprint density at radius 1 is 1.44 bits per heavy atom. The van der Waals surface area contributed by atoms with Gasteiger partial charge < -0.3 is 21.1 Å². The number of nitrogens with two attached hydrogens (primary N) is 1. The number of rotatable bonds is 4. The quantitative estimate of drug-likeness (QED) is 0.784. The number of primary amides is 1. The van der Waals surface area contributed by atoms with Gasteiger partial charge in [0.2, 0.25) is 0 Å². The van der Waals surface area contributed by atoms with Gasteiger partial charge >= 0.3 is 0 Å². The SMILES string of the molecule is NC(=O)c1cnn2c1NC[C@H](CN[C@H]1CCCOc3ccccc31)C2. The van der Waals surface area contributed by atoms with Gasteiger partial charge in [-0.2, -0.15) is 5.10 Å². The maximum Gasteiger partial charge on any atom is 0.254 e. The fraction of sp³-hybridized carbons (Fsp3) is 0.444. The van der Waals surface area contributed by atoms with E-state index in [-0.39, 0.29) is 0 Å². The molecule has 1 aromatic heterocycles. The van der Waals surface area contributed by atoms with Crippen molar-refractivity contribution >= 4 is 11.7 Å². The van der Waals surface area contributed by atoms with Crippen molar-refractivity contribution in [2.24, 2.45) is 11.7 Å². The van der Waals surface area contributed by atoms with Gasteiger partial charge in [0.1, 0.15) is 17.1 Å². The minimum absolute atomic E-state index is 0.305. The molecule has 0 unspecified atom stereocenters. The summed E-state index contributed by atoms with van der Waals surface area (Å²) in [6.07, 6.45) is 3.65. The highest BCUT2D eigenvalue weighted by Gasteiger charge is 2.25. The molecular formula is C18H23N5O2. The molecule has 25 heavy (non-hydrogen) atoms. The molecule has 4 rings (SSSR count). The van der Waals surface area contributed by atoms with E-state index in [1.165, 1.54) is 5.56 Å². The van der Waals surface area contributed by atoms with Crippen molar-refractivity contribution in [2.45, 2.75) is 25.4 Å². The van der Waals surface area contributed by atoms with Crippen LogP contribution in [0.2, 0.25) is 0 Å². The lowest BCUT2D eigenvalue weighted by molar-refractivity contribution is 0.100. The van der Waals surface area contributed by atoms with Crippen LogP contribution in [0.25, 0.3) is 0 Å². The number of hydrogen-bond acceptors (Lipinski definition) is 5. The molecule has 132 valence electrons. The Hall–Kier alpha value is -2.54. The Labute approximate surface area is 146 Å². The Morgan fingerprint density at radius 2 is 2.32 bits per heavy atom. The molecule has 1 aromatic carbocycles. The molecule has 2 aliphatic heterocycles. The Bertz CT molecular complexity index is 773. The third-order valence-corrected chi connectivity index (χ3v) is 4.94. The highest BCUT2D eigenvalue weighted by Crippen LogP contribution is 2.31. The maximum atomic E-state index is 11.4. The molecule has 2 aromatic rings. The first-order valence-electron chi connectivity index (χ1n) is 8.77. The van der Waals surface area contributed by atoms with Crippen molar-refractivity contribution in [1.29, 1.82) is 0 Å². The molecule has 0 spiro atoms. The van der Waals surface area contributed by atoms with Crippen LogP contribution in [0.3, 0.4) is 0 Å². The van der Waals surface area contributed by atoms with Crippen LogP contribution in [-0.2, 0) is 6.54 Å². The minimum Gasteiger partial charge on any atom is -0.493 e. The number of benzene rings is 1. The molecule has 0 bridgehead atoms. The molecular weight excluding hydrogens is 318 g/mol. The van der Waals surface area contributed by atoms with Crippen LogP contribution in [0.5, 0.6) is 5.75 Å². The van der Waals surface area contributed by atoms with Crippen LogP contribution in [0.1, 0.15) is 34.8 Å². The Balaban J connectivity index is 1.41. The molecule has 0 saturated carbocycles. The largest absolute Gasteiger partial charge is 0.493 e. The second-order valence-corrected chi connectivity index (χ2v) is 6.69. The number of aromatic nitrogens is 2. The lowest BCUT2D eigenvalue weighted by Crippen LogP contribution is -2.37. The average Bonchev–Trinajstić information content (AvgIpc) is 2.94. The highest BCUT2D eigenvalue weighted by atomic mass is 16.5. The van der Waals surface area contributed by atoms with Crippen molar-refractivity contribution < 1.29 is 9.53 Å². The van der Waals surface area contributed by atoms with Crippen molar-refractivity contribution in [1.82, 2.24) is 15.1 Å². The maximum absolute atomic E-state index is 11.4. The summed E-state index contributed by atoms with van der Waals surface area (Å²) in [6, 6.07) is 8.56. The third kappa shape index (κ3) is 3.19. The standard InChI is InChI=1S/C18H23N5O2/c19-17(24)14-10-22-23-11-12(9-21-18(14)23)8-20-15-5-3-7-25-16-6-2-1-4-13(15)16/h1-2,4,6,10,12,15,20-21H,3,5,7-9,11H2,(H2,19,24)/t12-,15-/m0/s1.